The van der Waals surface area contributed by atoms with Crippen molar-refractivity contribution in [3.05, 3.63) is 101 Å². The number of piperidine rings is 1. The summed E-state index contributed by atoms with van der Waals surface area (Å²) in [5.74, 6) is -2.64. The maximum atomic E-state index is 15.8. The first-order valence-electron chi connectivity index (χ1n) is 16.1. The van der Waals surface area contributed by atoms with Crippen LogP contribution in [0.2, 0.25) is 5.02 Å². The minimum absolute atomic E-state index is 0.107. The molecule has 5 rings (SSSR count). The Hall–Kier alpha value is -4.69. The van der Waals surface area contributed by atoms with Crippen molar-refractivity contribution < 1.29 is 40.9 Å². The lowest BCUT2D eigenvalue weighted by atomic mass is 9.81. The molecule has 0 spiro atoms. The number of nitrogens with zero attached hydrogens (tertiary/aromatic N) is 4. The molecule has 1 aliphatic heterocycles. The summed E-state index contributed by atoms with van der Waals surface area (Å²) in [6.45, 7) is 5.49. The van der Waals surface area contributed by atoms with Gasteiger partial charge in [-0.05, 0) is 75.1 Å². The summed E-state index contributed by atoms with van der Waals surface area (Å²) in [4.78, 5) is 13.6. The molecule has 51 heavy (non-hydrogen) atoms. The monoisotopic (exact) mass is 744 g/mol. The zero-order chi connectivity index (χ0) is 36.9. The summed E-state index contributed by atoms with van der Waals surface area (Å²) in [6.07, 6.45) is 1.42. The Morgan fingerprint density at radius 2 is 1.75 bits per heavy atom. The van der Waals surface area contributed by atoms with Crippen molar-refractivity contribution in [2.45, 2.75) is 50.2 Å². The van der Waals surface area contributed by atoms with Gasteiger partial charge in [-0.25, -0.2) is 26.3 Å². The first-order chi connectivity index (χ1) is 24.2. The van der Waals surface area contributed by atoms with Crippen LogP contribution in [0.3, 0.4) is 0 Å². The molecule has 1 aliphatic rings. The molecule has 2 unspecified atom stereocenters. The summed E-state index contributed by atoms with van der Waals surface area (Å²) in [5.41, 5.74) is 0.640. The number of aromatic nitrogens is 2. The van der Waals surface area contributed by atoms with E-state index < -0.39 is 44.0 Å². The summed E-state index contributed by atoms with van der Waals surface area (Å²) in [7, 11) is -1.89. The maximum absolute atomic E-state index is 15.8. The molecule has 1 fully saturated rings. The topological polar surface area (TPSA) is 120 Å². The van der Waals surface area contributed by atoms with Crippen molar-refractivity contribution in [3.63, 3.8) is 0 Å². The minimum Gasteiger partial charge on any atom is -0.497 e. The van der Waals surface area contributed by atoms with Gasteiger partial charge in [-0.15, -0.1) is 5.10 Å². The quantitative estimate of drug-likeness (QED) is 0.157. The van der Waals surface area contributed by atoms with E-state index in [0.29, 0.717) is 47.2 Å². The highest BCUT2D eigenvalue weighted by molar-refractivity contribution is 7.92. The van der Waals surface area contributed by atoms with E-state index in [4.69, 9.17) is 30.5 Å². The molecule has 0 radical (unpaired) electrons. The van der Waals surface area contributed by atoms with Gasteiger partial charge in [0, 0.05) is 54.0 Å². The molecule has 0 bridgehead atoms. The Morgan fingerprint density at radius 3 is 2.39 bits per heavy atom. The second-order valence-corrected chi connectivity index (χ2v) is 15.2. The van der Waals surface area contributed by atoms with Crippen LogP contribution >= 0.6 is 11.6 Å². The highest BCUT2D eigenvalue weighted by Crippen LogP contribution is 2.37. The number of ether oxygens (including phenoxy) is 4. The number of carbonyl (C=O) groups is 1. The maximum Gasteiger partial charge on any atom is 0.410 e. The second kappa shape index (κ2) is 15.7. The molecule has 0 saturated carbocycles. The van der Waals surface area contributed by atoms with Crippen LogP contribution in [0, 0.1) is 17.6 Å². The van der Waals surface area contributed by atoms with E-state index in [9.17, 15) is 13.2 Å². The number of methoxy groups -OCH3 is 2. The normalized spacial score (nSPS) is 16.4. The molecule has 1 amide bonds. The fourth-order valence-electron chi connectivity index (χ4n) is 5.83. The zero-order valence-corrected chi connectivity index (χ0v) is 30.4. The van der Waals surface area contributed by atoms with Crippen LogP contribution in [0.25, 0.3) is 0 Å². The van der Waals surface area contributed by atoms with Crippen molar-refractivity contribution in [2.75, 3.05) is 38.2 Å². The first kappa shape index (κ1) is 37.6. The highest BCUT2D eigenvalue weighted by Gasteiger charge is 2.36. The fraction of sp³-hybridized carbons (Fsp3) is 0.361. The Kier molecular flexibility index (Phi) is 11.6. The predicted octanol–water partition coefficient (Wildman–Crippen LogP) is 7.24. The molecule has 0 aliphatic carbocycles. The summed E-state index contributed by atoms with van der Waals surface area (Å²) in [6, 6.07) is 16.2. The van der Waals surface area contributed by atoms with Gasteiger partial charge in [-0.1, -0.05) is 23.7 Å². The van der Waals surface area contributed by atoms with E-state index in [-0.39, 0.29) is 37.4 Å². The third-order valence-electron chi connectivity index (χ3n) is 8.31. The second-order valence-electron chi connectivity index (χ2n) is 12.9. The molecular formula is C36H39ClF2N4O7S. The van der Waals surface area contributed by atoms with Crippen molar-refractivity contribution >= 4 is 33.5 Å². The van der Waals surface area contributed by atoms with Gasteiger partial charge in [0.05, 0.1) is 27.4 Å². The van der Waals surface area contributed by atoms with Crippen LogP contribution in [-0.2, 0) is 21.3 Å². The summed E-state index contributed by atoms with van der Waals surface area (Å²) < 4.78 is 82.6. The standard InChI is InChI=1S/C36H39ClF2N4O7S/c1-36(2,3)50-35(44)42-16-14-28(23-8-11-26(37)12-9-23)25(20-42)22-49-32-18-30(39)33(19-29(32)38)51(45,46)43(34-7-6-15-40-41-34)21-24-10-13-27(47-4)17-31(24)48-5/h6-13,15,17-19,25,28H,14,16,20-22H2,1-5H3. The van der Waals surface area contributed by atoms with Crippen molar-refractivity contribution in [2.24, 2.45) is 5.92 Å². The molecular weight excluding hydrogens is 706 g/mol. The third-order valence-corrected chi connectivity index (χ3v) is 10.3. The molecule has 1 saturated heterocycles. The minimum atomic E-state index is -4.77. The first-order valence-corrected chi connectivity index (χ1v) is 17.9. The fourth-order valence-corrected chi connectivity index (χ4v) is 7.40. The zero-order valence-electron chi connectivity index (χ0n) is 28.8. The van der Waals surface area contributed by atoms with Crippen LogP contribution in [0.15, 0.2) is 77.8 Å². The van der Waals surface area contributed by atoms with Crippen molar-refractivity contribution in [1.82, 2.24) is 15.1 Å². The molecule has 2 atom stereocenters. The van der Waals surface area contributed by atoms with E-state index in [1.165, 1.54) is 32.5 Å². The Balaban J connectivity index is 1.42. The van der Waals surface area contributed by atoms with Gasteiger partial charge in [0.25, 0.3) is 10.0 Å². The number of carbonyl (C=O) groups excluding carboxylic acids is 1. The molecule has 4 aromatic rings. The van der Waals surface area contributed by atoms with Gasteiger partial charge in [-0.3, -0.25) is 0 Å². The highest BCUT2D eigenvalue weighted by atomic mass is 35.5. The summed E-state index contributed by atoms with van der Waals surface area (Å²) >= 11 is 6.12. The number of hydrogen-bond donors (Lipinski definition) is 0. The lowest BCUT2D eigenvalue weighted by Gasteiger charge is -2.39. The number of hydrogen-bond acceptors (Lipinski definition) is 9. The Bertz CT molecular complexity index is 1950. The molecule has 15 heteroatoms. The molecule has 3 aromatic carbocycles. The average Bonchev–Trinajstić information content (AvgIpc) is 3.10. The smallest absolute Gasteiger partial charge is 0.410 e. The number of anilines is 1. The lowest BCUT2D eigenvalue weighted by molar-refractivity contribution is 0.0110. The van der Waals surface area contributed by atoms with Gasteiger partial charge in [0.15, 0.2) is 17.4 Å². The van der Waals surface area contributed by atoms with E-state index in [0.717, 1.165) is 9.87 Å². The Labute approximate surface area is 301 Å². The summed E-state index contributed by atoms with van der Waals surface area (Å²) in [5, 5.41) is 8.27. The number of benzene rings is 3. The molecule has 11 nitrogen and oxygen atoms in total. The largest absolute Gasteiger partial charge is 0.497 e. The molecule has 272 valence electrons. The number of likely N-dealkylation sites (tertiary alicyclic amines) is 1. The van der Waals surface area contributed by atoms with Gasteiger partial charge in [-0.2, -0.15) is 5.10 Å². The number of amides is 1. The van der Waals surface area contributed by atoms with Crippen LogP contribution in [0.5, 0.6) is 17.2 Å². The Morgan fingerprint density at radius 1 is 1.00 bits per heavy atom. The SMILES string of the molecule is COc1ccc(CN(c2cccnn2)S(=O)(=O)c2cc(F)c(OCC3CN(C(=O)OC(C)(C)C)CCC3c3ccc(Cl)cc3)cc2F)c(OC)c1. The number of sulfonamides is 1. The average molecular weight is 745 g/mol. The molecule has 0 N–H and O–H groups in total. The van der Waals surface area contributed by atoms with Gasteiger partial charge in [0.2, 0.25) is 0 Å². The third kappa shape index (κ3) is 8.98. The van der Waals surface area contributed by atoms with E-state index >= 15 is 8.78 Å². The van der Waals surface area contributed by atoms with E-state index in [1.54, 1.807) is 56.0 Å². The van der Waals surface area contributed by atoms with E-state index in [1.807, 2.05) is 12.1 Å². The van der Waals surface area contributed by atoms with Gasteiger partial charge in [0.1, 0.15) is 27.8 Å². The number of rotatable bonds is 11. The van der Waals surface area contributed by atoms with Gasteiger partial charge < -0.3 is 23.8 Å². The number of halogens is 3. The van der Waals surface area contributed by atoms with Crippen LogP contribution in [0.1, 0.15) is 44.2 Å². The van der Waals surface area contributed by atoms with Gasteiger partial charge >= 0.3 is 6.09 Å². The molecule has 2 heterocycles. The van der Waals surface area contributed by atoms with Crippen molar-refractivity contribution in [1.29, 1.82) is 0 Å². The predicted molar refractivity (Wildman–Crippen MR) is 187 cm³/mol. The van der Waals surface area contributed by atoms with Crippen LogP contribution in [-0.4, -0.2) is 69.1 Å². The molecule has 1 aromatic heterocycles. The lowest BCUT2D eigenvalue weighted by Crippen LogP contribution is -2.46. The van der Waals surface area contributed by atoms with Crippen molar-refractivity contribution in [3.8, 4) is 17.2 Å². The van der Waals surface area contributed by atoms with Crippen LogP contribution in [0.4, 0.5) is 19.4 Å². The van der Waals surface area contributed by atoms with E-state index in [2.05, 4.69) is 10.2 Å². The van der Waals surface area contributed by atoms with Crippen LogP contribution < -0.4 is 18.5 Å².